The average molecular weight is 532 g/mol. The second kappa shape index (κ2) is 11.4. The van der Waals surface area contributed by atoms with Crippen LogP contribution in [-0.4, -0.2) is 61.7 Å². The molecule has 1 aliphatic heterocycles. The lowest BCUT2D eigenvalue weighted by Gasteiger charge is -2.26. The van der Waals surface area contributed by atoms with Crippen LogP contribution in [0.1, 0.15) is 17.5 Å². The van der Waals surface area contributed by atoms with Crippen LogP contribution in [0, 0.1) is 6.92 Å². The number of nitrogens with one attached hydrogen (secondary N) is 2. The number of morpholine rings is 1. The van der Waals surface area contributed by atoms with Crippen LogP contribution in [0.25, 0.3) is 5.69 Å². The predicted molar refractivity (Wildman–Crippen MR) is 144 cm³/mol. The maximum absolute atomic E-state index is 13.1. The first-order valence-electron chi connectivity index (χ1n) is 12.4. The maximum Gasteiger partial charge on any atom is 0.323 e. The van der Waals surface area contributed by atoms with Crippen LogP contribution in [0.3, 0.4) is 0 Å². The van der Waals surface area contributed by atoms with Crippen molar-refractivity contribution in [2.45, 2.75) is 13.2 Å². The zero-order valence-electron chi connectivity index (χ0n) is 21.6. The Morgan fingerprint density at radius 3 is 2.54 bits per heavy atom. The number of aliphatic hydroxyl groups excluding tert-OH is 1. The van der Waals surface area contributed by atoms with Gasteiger partial charge in [-0.3, -0.25) is 14.8 Å². The molecule has 1 atom stereocenters. The molecule has 0 aliphatic carbocycles. The van der Waals surface area contributed by atoms with Crippen LogP contribution < -0.4 is 20.9 Å². The van der Waals surface area contributed by atoms with Crippen molar-refractivity contribution in [2.75, 3.05) is 36.9 Å². The monoisotopic (exact) mass is 531 g/mol. The van der Waals surface area contributed by atoms with E-state index in [-0.39, 0.29) is 17.2 Å². The smallest absolute Gasteiger partial charge is 0.323 e. The molecule has 1 saturated heterocycles. The highest BCUT2D eigenvalue weighted by molar-refractivity contribution is 5.88. The minimum absolute atomic E-state index is 0.229. The molecule has 2 amide bonds. The van der Waals surface area contributed by atoms with E-state index in [1.807, 2.05) is 30.3 Å². The molecule has 0 bridgehead atoms. The lowest BCUT2D eigenvalue weighted by Crippen LogP contribution is -2.43. The Kier molecular flexibility index (Phi) is 7.57. The lowest BCUT2D eigenvalue weighted by molar-refractivity contribution is 0.0564. The fourth-order valence-corrected chi connectivity index (χ4v) is 4.28. The van der Waals surface area contributed by atoms with Crippen molar-refractivity contribution in [1.82, 2.24) is 24.2 Å². The summed E-state index contributed by atoms with van der Waals surface area (Å²) in [5, 5.41) is 16.5. The molecule has 3 N–H and O–H groups in total. The van der Waals surface area contributed by atoms with Gasteiger partial charge in [-0.2, -0.15) is 0 Å². The van der Waals surface area contributed by atoms with Gasteiger partial charge in [0.25, 0.3) is 5.56 Å². The van der Waals surface area contributed by atoms with E-state index in [2.05, 4.69) is 20.6 Å². The summed E-state index contributed by atoms with van der Waals surface area (Å²) in [6, 6.07) is 15.6. The van der Waals surface area contributed by atoms with E-state index in [9.17, 15) is 14.7 Å². The van der Waals surface area contributed by atoms with Gasteiger partial charge in [-0.1, -0.05) is 18.2 Å². The Hall–Kier alpha value is -4.68. The molecule has 0 radical (unpaired) electrons. The first-order valence-corrected chi connectivity index (χ1v) is 12.4. The molecular weight excluding hydrogens is 502 g/mol. The van der Waals surface area contributed by atoms with Crippen molar-refractivity contribution in [3.63, 3.8) is 0 Å². The first kappa shape index (κ1) is 25.9. The number of hydrogen-bond donors (Lipinski definition) is 3. The van der Waals surface area contributed by atoms with Gasteiger partial charge in [-0.05, 0) is 37.3 Å². The number of aliphatic hydroxyl groups is 1. The van der Waals surface area contributed by atoms with Crippen LogP contribution in [0.4, 0.5) is 16.4 Å². The first-order chi connectivity index (χ1) is 18.9. The summed E-state index contributed by atoms with van der Waals surface area (Å²) in [5.74, 6) is 1.62. The largest absolute Gasteiger partial charge is 0.456 e. The average Bonchev–Trinajstić information content (AvgIpc) is 3.18. The summed E-state index contributed by atoms with van der Waals surface area (Å²) in [4.78, 5) is 35.7. The fourth-order valence-electron chi connectivity index (χ4n) is 4.28. The van der Waals surface area contributed by atoms with Gasteiger partial charge in [0.15, 0.2) is 6.23 Å². The predicted octanol–water partition coefficient (Wildman–Crippen LogP) is 3.03. The van der Waals surface area contributed by atoms with Gasteiger partial charge in [0.1, 0.15) is 23.1 Å². The van der Waals surface area contributed by atoms with Crippen LogP contribution in [0.5, 0.6) is 11.5 Å². The Balaban J connectivity index is 1.24. The molecule has 1 unspecified atom stereocenters. The number of ether oxygens (including phenoxy) is 2. The Morgan fingerprint density at radius 2 is 1.82 bits per heavy atom. The maximum atomic E-state index is 13.1. The second-order valence-corrected chi connectivity index (χ2v) is 8.91. The van der Waals surface area contributed by atoms with Crippen molar-refractivity contribution in [1.29, 1.82) is 0 Å². The number of pyridine rings is 2. The van der Waals surface area contributed by atoms with Crippen LogP contribution in [0.2, 0.25) is 0 Å². The van der Waals surface area contributed by atoms with Crippen molar-refractivity contribution >= 4 is 17.7 Å². The van der Waals surface area contributed by atoms with E-state index in [0.29, 0.717) is 60.8 Å². The number of amides is 2. The number of aromatic nitrogens is 4. The minimum Gasteiger partial charge on any atom is -0.456 e. The summed E-state index contributed by atoms with van der Waals surface area (Å²) in [5.41, 5.74) is 1.23. The summed E-state index contributed by atoms with van der Waals surface area (Å²) in [6.07, 6.45) is 1.75. The van der Waals surface area contributed by atoms with Gasteiger partial charge in [0, 0.05) is 38.1 Å². The van der Waals surface area contributed by atoms with Crippen LogP contribution in [-0.2, 0) is 11.8 Å². The van der Waals surface area contributed by atoms with Crippen molar-refractivity contribution in [3.8, 4) is 17.2 Å². The Morgan fingerprint density at radius 1 is 1.05 bits per heavy atom. The molecule has 12 heteroatoms. The molecule has 0 saturated carbocycles. The van der Waals surface area contributed by atoms with Crippen LogP contribution >= 0.6 is 0 Å². The molecule has 0 spiro atoms. The van der Waals surface area contributed by atoms with E-state index in [1.165, 1.54) is 17.1 Å². The van der Waals surface area contributed by atoms with Crippen molar-refractivity contribution in [3.05, 3.63) is 88.6 Å². The molecule has 3 aromatic heterocycles. The quantitative estimate of drug-likeness (QED) is 0.310. The Bertz CT molecular complexity index is 1500. The number of hydrogen-bond acceptors (Lipinski definition) is 8. The normalized spacial score (nSPS) is 14.1. The molecule has 5 rings (SSSR count). The third-order valence-electron chi connectivity index (χ3n) is 6.39. The van der Waals surface area contributed by atoms with E-state index in [0.717, 1.165) is 0 Å². The van der Waals surface area contributed by atoms with Gasteiger partial charge >= 0.3 is 6.03 Å². The molecular formula is C27H29N7O5. The van der Waals surface area contributed by atoms with Crippen molar-refractivity contribution < 1.29 is 19.4 Å². The molecule has 1 aromatic carbocycles. The standard InChI is InChI=1S/C27H29N7O5/c1-18-24(26(36)34(32(18)2)19-6-4-3-5-7-19)25(35)30-22-9-8-21(17-29-22)39-20-10-11-28-23(16-20)31-27(37)33-12-14-38-15-13-33/h3-11,16-17,25,35H,12-15H2,1-2H3,(H,29,30)(H,28,31,37). The lowest BCUT2D eigenvalue weighted by atomic mass is 10.2. The molecule has 4 heterocycles. The highest BCUT2D eigenvalue weighted by Crippen LogP contribution is 2.25. The number of carbonyl (C=O) groups is 1. The number of urea groups is 1. The van der Waals surface area contributed by atoms with E-state index in [1.54, 1.807) is 47.8 Å². The van der Waals surface area contributed by atoms with Gasteiger partial charge in [0.05, 0.1) is 30.7 Å². The van der Waals surface area contributed by atoms with Crippen molar-refractivity contribution in [2.24, 2.45) is 7.05 Å². The molecule has 4 aromatic rings. The third kappa shape index (κ3) is 5.76. The molecule has 1 aliphatic rings. The number of benzene rings is 1. The molecule has 39 heavy (non-hydrogen) atoms. The van der Waals surface area contributed by atoms with E-state index < -0.39 is 6.23 Å². The summed E-state index contributed by atoms with van der Waals surface area (Å²) < 4.78 is 14.3. The molecule has 1 fully saturated rings. The molecule has 202 valence electrons. The highest BCUT2D eigenvalue weighted by atomic mass is 16.5. The Labute approximate surface area is 224 Å². The number of rotatable bonds is 7. The topological polar surface area (TPSA) is 136 Å². The van der Waals surface area contributed by atoms with Gasteiger partial charge < -0.3 is 24.8 Å². The number of nitrogens with zero attached hydrogens (tertiary/aromatic N) is 5. The number of carbonyl (C=O) groups excluding carboxylic acids is 1. The number of para-hydroxylation sites is 1. The van der Waals surface area contributed by atoms with Crippen LogP contribution in [0.15, 0.2) is 71.8 Å². The second-order valence-electron chi connectivity index (χ2n) is 8.91. The zero-order chi connectivity index (χ0) is 27.4. The summed E-state index contributed by atoms with van der Waals surface area (Å²) >= 11 is 0. The van der Waals surface area contributed by atoms with E-state index in [4.69, 9.17) is 9.47 Å². The van der Waals surface area contributed by atoms with E-state index >= 15 is 0 Å². The minimum atomic E-state index is -1.27. The SMILES string of the molecule is Cc1c(C(O)Nc2ccc(Oc3ccnc(NC(=O)N4CCOCC4)c3)cn2)c(=O)n(-c2ccccc2)n1C. The zero-order valence-corrected chi connectivity index (χ0v) is 21.6. The summed E-state index contributed by atoms with van der Waals surface area (Å²) in [6.45, 7) is 3.84. The molecule has 12 nitrogen and oxygen atoms in total. The number of anilines is 2. The van der Waals surface area contributed by atoms with Gasteiger partial charge in [0.2, 0.25) is 0 Å². The summed E-state index contributed by atoms with van der Waals surface area (Å²) in [7, 11) is 1.77. The highest BCUT2D eigenvalue weighted by Gasteiger charge is 2.23. The third-order valence-corrected chi connectivity index (χ3v) is 6.39. The van der Waals surface area contributed by atoms with Gasteiger partial charge in [-0.15, -0.1) is 0 Å². The fraction of sp³-hybridized carbons (Fsp3) is 0.259. The van der Waals surface area contributed by atoms with Gasteiger partial charge in [-0.25, -0.2) is 19.4 Å².